The first kappa shape index (κ1) is 12.6. The van der Waals surface area contributed by atoms with Gasteiger partial charge in [-0.15, -0.1) is 0 Å². The van der Waals surface area contributed by atoms with E-state index >= 15 is 0 Å². The van der Waals surface area contributed by atoms with Gasteiger partial charge in [0, 0.05) is 0 Å². The van der Waals surface area contributed by atoms with Crippen molar-refractivity contribution in [1.82, 2.24) is 0 Å². The van der Waals surface area contributed by atoms with Crippen LogP contribution in [0.1, 0.15) is 54.9 Å². The Balaban J connectivity index is 3.05. The highest BCUT2D eigenvalue weighted by Gasteiger charge is 2.14. The molecule has 0 aliphatic heterocycles. The van der Waals surface area contributed by atoms with E-state index in [9.17, 15) is 9.90 Å². The zero-order valence-corrected chi connectivity index (χ0v) is 9.73. The summed E-state index contributed by atoms with van der Waals surface area (Å²) in [4.78, 5) is 10.9. The van der Waals surface area contributed by atoms with Gasteiger partial charge in [0.05, 0.1) is 0 Å². The molecular weight excluding hydrogens is 204 g/mol. The molecule has 88 valence electrons. The summed E-state index contributed by atoms with van der Waals surface area (Å²) in [5.74, 6) is -0.864. The quantitative estimate of drug-likeness (QED) is 0.802. The fourth-order valence-electron chi connectivity index (χ4n) is 1.93. The van der Waals surface area contributed by atoms with Crippen LogP contribution in [-0.4, -0.2) is 16.2 Å². The lowest BCUT2D eigenvalue weighted by atomic mass is 9.91. The monoisotopic (exact) mass is 222 g/mol. The van der Waals surface area contributed by atoms with Crippen molar-refractivity contribution in [1.29, 1.82) is 0 Å². The lowest BCUT2D eigenvalue weighted by Gasteiger charge is -2.15. The third kappa shape index (κ3) is 2.75. The number of hydrogen-bond donors (Lipinski definition) is 2. The molecule has 2 N–H and O–H groups in total. The van der Waals surface area contributed by atoms with Gasteiger partial charge in [-0.2, -0.15) is 0 Å². The minimum absolute atomic E-state index is 0.00736. The van der Waals surface area contributed by atoms with Crippen molar-refractivity contribution in [2.45, 2.75) is 39.0 Å². The van der Waals surface area contributed by atoms with Crippen LogP contribution in [-0.2, 0) is 0 Å². The van der Waals surface area contributed by atoms with Crippen LogP contribution >= 0.6 is 0 Å². The minimum Gasteiger partial charge on any atom is -0.507 e. The number of hydrogen-bond acceptors (Lipinski definition) is 2. The molecular formula is C13H18O3. The zero-order chi connectivity index (χ0) is 12.1. The molecule has 0 radical (unpaired) electrons. The Hall–Kier alpha value is -1.51. The summed E-state index contributed by atoms with van der Waals surface area (Å²) >= 11 is 0. The number of aromatic hydroxyl groups is 1. The lowest BCUT2D eigenvalue weighted by Crippen LogP contribution is -2.02. The maximum absolute atomic E-state index is 10.9. The molecule has 0 aliphatic rings. The van der Waals surface area contributed by atoms with Gasteiger partial charge < -0.3 is 10.2 Å². The first-order valence-electron chi connectivity index (χ1n) is 5.66. The SMILES string of the molecule is CCCC(CC)c1ccc(O)c(C(=O)O)c1. The predicted octanol–water partition coefficient (Wildman–Crippen LogP) is 3.38. The number of benzene rings is 1. The van der Waals surface area contributed by atoms with Crippen molar-refractivity contribution in [2.24, 2.45) is 0 Å². The standard InChI is InChI=1S/C13H18O3/c1-3-5-9(4-2)10-6-7-12(14)11(8-10)13(15)16/h6-9,14H,3-5H2,1-2H3,(H,15,16). The molecule has 0 aliphatic carbocycles. The minimum atomic E-state index is -1.08. The molecule has 1 rings (SSSR count). The third-order valence-electron chi connectivity index (χ3n) is 2.85. The molecule has 0 fully saturated rings. The Morgan fingerprint density at radius 2 is 2.06 bits per heavy atom. The summed E-state index contributed by atoms with van der Waals surface area (Å²) < 4.78 is 0. The Bertz CT molecular complexity index is 371. The summed E-state index contributed by atoms with van der Waals surface area (Å²) in [7, 11) is 0. The molecule has 3 heteroatoms. The van der Waals surface area contributed by atoms with Gasteiger partial charge in [0.15, 0.2) is 0 Å². The first-order valence-corrected chi connectivity index (χ1v) is 5.66. The summed E-state index contributed by atoms with van der Waals surface area (Å²) in [6.45, 7) is 4.20. The number of carboxylic acids is 1. The van der Waals surface area contributed by atoms with Crippen molar-refractivity contribution in [3.63, 3.8) is 0 Å². The Morgan fingerprint density at radius 3 is 2.56 bits per heavy atom. The summed E-state index contributed by atoms with van der Waals surface area (Å²) in [6, 6.07) is 4.87. The topological polar surface area (TPSA) is 57.5 Å². The molecule has 1 unspecified atom stereocenters. The van der Waals surface area contributed by atoms with E-state index in [0.29, 0.717) is 5.92 Å². The van der Waals surface area contributed by atoms with Crippen molar-refractivity contribution in [2.75, 3.05) is 0 Å². The molecule has 1 atom stereocenters. The van der Waals surface area contributed by atoms with Gasteiger partial charge in [0.1, 0.15) is 11.3 Å². The average molecular weight is 222 g/mol. The highest BCUT2D eigenvalue weighted by atomic mass is 16.4. The Morgan fingerprint density at radius 1 is 1.38 bits per heavy atom. The van der Waals surface area contributed by atoms with Crippen molar-refractivity contribution in [3.05, 3.63) is 29.3 Å². The summed E-state index contributed by atoms with van der Waals surface area (Å²) in [5, 5.41) is 18.3. The van der Waals surface area contributed by atoms with Crippen LogP contribution in [0.5, 0.6) is 5.75 Å². The van der Waals surface area contributed by atoms with Gasteiger partial charge in [-0.25, -0.2) is 4.79 Å². The van der Waals surface area contributed by atoms with E-state index in [1.165, 1.54) is 6.07 Å². The maximum atomic E-state index is 10.9. The van der Waals surface area contributed by atoms with Gasteiger partial charge >= 0.3 is 5.97 Å². The Kier molecular flexibility index (Phi) is 4.35. The fourth-order valence-corrected chi connectivity index (χ4v) is 1.93. The molecule has 3 nitrogen and oxygen atoms in total. The van der Waals surface area contributed by atoms with Gasteiger partial charge in [0.25, 0.3) is 0 Å². The van der Waals surface area contributed by atoms with Crippen LogP contribution in [0.25, 0.3) is 0 Å². The normalized spacial score (nSPS) is 12.4. The van der Waals surface area contributed by atoms with Gasteiger partial charge in [-0.1, -0.05) is 26.3 Å². The lowest BCUT2D eigenvalue weighted by molar-refractivity contribution is 0.0693. The predicted molar refractivity (Wildman–Crippen MR) is 63.0 cm³/mol. The fraction of sp³-hybridized carbons (Fsp3) is 0.462. The highest BCUT2D eigenvalue weighted by molar-refractivity contribution is 5.90. The van der Waals surface area contributed by atoms with Crippen LogP contribution in [0.2, 0.25) is 0 Å². The van der Waals surface area contributed by atoms with Crippen LogP contribution in [0.3, 0.4) is 0 Å². The van der Waals surface area contributed by atoms with Crippen LogP contribution in [0.4, 0.5) is 0 Å². The highest BCUT2D eigenvalue weighted by Crippen LogP contribution is 2.28. The van der Waals surface area contributed by atoms with Crippen molar-refractivity contribution < 1.29 is 15.0 Å². The third-order valence-corrected chi connectivity index (χ3v) is 2.85. The molecule has 0 bridgehead atoms. The van der Waals surface area contributed by atoms with E-state index in [1.54, 1.807) is 6.07 Å². The number of aromatic carboxylic acids is 1. The van der Waals surface area contributed by atoms with E-state index in [0.717, 1.165) is 24.8 Å². The average Bonchev–Trinajstić information content (AvgIpc) is 2.26. The zero-order valence-electron chi connectivity index (χ0n) is 9.73. The largest absolute Gasteiger partial charge is 0.507 e. The van der Waals surface area contributed by atoms with E-state index in [1.807, 2.05) is 6.07 Å². The number of phenols is 1. The molecule has 0 spiro atoms. The summed E-state index contributed by atoms with van der Waals surface area (Å²) in [6.07, 6.45) is 3.10. The van der Waals surface area contributed by atoms with Gasteiger partial charge in [-0.3, -0.25) is 0 Å². The smallest absolute Gasteiger partial charge is 0.339 e. The van der Waals surface area contributed by atoms with Crippen LogP contribution in [0, 0.1) is 0 Å². The molecule has 0 heterocycles. The maximum Gasteiger partial charge on any atom is 0.339 e. The Labute approximate surface area is 95.7 Å². The van der Waals surface area contributed by atoms with E-state index in [4.69, 9.17) is 5.11 Å². The molecule has 0 aromatic heterocycles. The second-order valence-corrected chi connectivity index (χ2v) is 3.98. The number of carboxylic acid groups (broad SMARTS) is 1. The van der Waals surface area contributed by atoms with Gasteiger partial charge in [0.2, 0.25) is 0 Å². The van der Waals surface area contributed by atoms with E-state index in [-0.39, 0.29) is 11.3 Å². The second-order valence-electron chi connectivity index (χ2n) is 3.98. The van der Waals surface area contributed by atoms with Crippen LogP contribution < -0.4 is 0 Å². The molecule has 0 saturated carbocycles. The van der Waals surface area contributed by atoms with E-state index < -0.39 is 5.97 Å². The molecule has 0 amide bonds. The van der Waals surface area contributed by atoms with Gasteiger partial charge in [-0.05, 0) is 36.5 Å². The summed E-state index contributed by atoms with van der Waals surface area (Å²) in [5.41, 5.74) is 0.992. The first-order chi connectivity index (χ1) is 7.60. The van der Waals surface area contributed by atoms with Crippen LogP contribution in [0.15, 0.2) is 18.2 Å². The molecule has 1 aromatic carbocycles. The second kappa shape index (κ2) is 5.54. The van der Waals surface area contributed by atoms with Crippen molar-refractivity contribution in [3.8, 4) is 5.75 Å². The molecule has 1 aromatic rings. The number of rotatable bonds is 5. The van der Waals surface area contributed by atoms with Crippen molar-refractivity contribution >= 4 is 5.97 Å². The number of carbonyl (C=O) groups is 1. The molecule has 0 saturated heterocycles. The van der Waals surface area contributed by atoms with E-state index in [2.05, 4.69) is 13.8 Å². The molecule has 16 heavy (non-hydrogen) atoms.